The highest BCUT2D eigenvalue weighted by atomic mass is 16.5. The van der Waals surface area contributed by atoms with Gasteiger partial charge in [-0.25, -0.2) is 5.48 Å². The Kier molecular flexibility index (Phi) is 5.52. The van der Waals surface area contributed by atoms with Crippen LogP contribution in [0.5, 0.6) is 0 Å². The van der Waals surface area contributed by atoms with Gasteiger partial charge >= 0.3 is 0 Å². The number of carbonyl (C=O) groups excluding carboxylic acids is 1. The number of nitrogens with zero attached hydrogens (tertiary/aromatic N) is 5. The maximum atomic E-state index is 11.0. The summed E-state index contributed by atoms with van der Waals surface area (Å²) in [5.74, 6) is -0.535. The molecule has 3 rings (SSSR count). The van der Waals surface area contributed by atoms with Crippen molar-refractivity contribution < 1.29 is 14.7 Å². The summed E-state index contributed by atoms with van der Waals surface area (Å²) in [5.41, 5.74) is 3.79. The van der Waals surface area contributed by atoms with E-state index in [0.717, 1.165) is 31.6 Å². The van der Waals surface area contributed by atoms with E-state index < -0.39 is 5.91 Å². The van der Waals surface area contributed by atoms with Crippen molar-refractivity contribution >= 4 is 12.0 Å². The zero-order valence-electron chi connectivity index (χ0n) is 14.2. The predicted molar refractivity (Wildman–Crippen MR) is 90.2 cm³/mol. The highest BCUT2D eigenvalue weighted by molar-refractivity contribution is 5.90. The minimum absolute atomic E-state index is 0.413. The normalized spacial score (nSPS) is 18.1. The van der Waals surface area contributed by atoms with Gasteiger partial charge in [-0.05, 0) is 36.6 Å². The standard InChI is InChI=1S/C17H22N6O2/c1-21-13-23(20-19-21)12-11-22-10-2-3-16(22)15-7-4-14(5-8-15)6-9-17(24)18-25/h4-9,13,16H,2-3,10-12H2,1H3,(H-,18,19,20,24,25)/p+1/b9-6+. The van der Waals surface area contributed by atoms with E-state index in [1.165, 1.54) is 18.1 Å². The van der Waals surface area contributed by atoms with Crippen molar-refractivity contribution in [2.75, 3.05) is 13.1 Å². The van der Waals surface area contributed by atoms with E-state index in [4.69, 9.17) is 5.21 Å². The Bertz CT molecular complexity index is 740. The van der Waals surface area contributed by atoms with E-state index in [1.807, 2.05) is 30.2 Å². The van der Waals surface area contributed by atoms with Crippen LogP contribution in [0.25, 0.3) is 6.08 Å². The largest absolute Gasteiger partial charge is 0.293 e. The molecule has 1 atom stereocenters. The molecular formula is C17H23N6O2+. The van der Waals surface area contributed by atoms with Gasteiger partial charge in [0.2, 0.25) is 6.33 Å². The van der Waals surface area contributed by atoms with Crippen molar-refractivity contribution in [3.8, 4) is 0 Å². The van der Waals surface area contributed by atoms with Crippen LogP contribution in [0.4, 0.5) is 0 Å². The summed E-state index contributed by atoms with van der Waals surface area (Å²) in [7, 11) is 1.86. The lowest BCUT2D eigenvalue weighted by Crippen LogP contribution is -2.30. The number of hydroxylamine groups is 1. The number of carbonyl (C=O) groups is 1. The minimum atomic E-state index is -0.535. The van der Waals surface area contributed by atoms with E-state index in [0.29, 0.717) is 6.04 Å². The van der Waals surface area contributed by atoms with Crippen LogP contribution in [0.3, 0.4) is 0 Å². The van der Waals surface area contributed by atoms with Crippen LogP contribution in [-0.4, -0.2) is 44.2 Å². The maximum Gasteiger partial charge on any atom is 0.267 e. The van der Waals surface area contributed by atoms with Crippen molar-refractivity contribution in [1.29, 1.82) is 0 Å². The number of aryl methyl sites for hydroxylation is 1. The Morgan fingerprint density at radius 3 is 2.88 bits per heavy atom. The van der Waals surface area contributed by atoms with Gasteiger partial charge in [-0.15, -0.1) is 4.68 Å². The van der Waals surface area contributed by atoms with E-state index in [2.05, 4.69) is 27.5 Å². The van der Waals surface area contributed by atoms with Crippen LogP contribution in [-0.2, 0) is 18.4 Å². The highest BCUT2D eigenvalue weighted by Crippen LogP contribution is 2.31. The lowest BCUT2D eigenvalue weighted by molar-refractivity contribution is -0.731. The number of rotatable bonds is 6. The molecule has 0 aliphatic carbocycles. The molecule has 2 aromatic rings. The average molecular weight is 343 g/mol. The molecule has 132 valence electrons. The maximum absolute atomic E-state index is 11.0. The van der Waals surface area contributed by atoms with Gasteiger partial charge in [0.1, 0.15) is 11.8 Å². The number of amides is 1. The molecule has 25 heavy (non-hydrogen) atoms. The summed E-state index contributed by atoms with van der Waals surface area (Å²) in [6, 6.07) is 8.61. The van der Waals surface area contributed by atoms with Gasteiger partial charge in [-0.3, -0.25) is 14.9 Å². The number of aromatic nitrogens is 4. The molecule has 1 aromatic carbocycles. The number of hydrogen-bond acceptors (Lipinski definition) is 5. The van der Waals surface area contributed by atoms with Gasteiger partial charge in [0, 0.05) is 18.7 Å². The summed E-state index contributed by atoms with van der Waals surface area (Å²) in [6.07, 6.45) is 7.19. The summed E-state index contributed by atoms with van der Waals surface area (Å²) in [4.78, 5) is 13.5. The van der Waals surface area contributed by atoms with Crippen LogP contribution in [0, 0.1) is 0 Å². The third-order valence-corrected chi connectivity index (χ3v) is 4.43. The van der Waals surface area contributed by atoms with Gasteiger partial charge < -0.3 is 0 Å². The molecule has 0 bridgehead atoms. The highest BCUT2D eigenvalue weighted by Gasteiger charge is 2.26. The SMILES string of the molecule is C[n+]1cn(CCN2CCCC2c2ccc(/C=C/C(=O)NO)cc2)nn1. The zero-order chi connectivity index (χ0) is 17.6. The molecule has 1 amide bonds. The van der Waals surface area contributed by atoms with E-state index in [9.17, 15) is 4.79 Å². The van der Waals surface area contributed by atoms with Crippen molar-refractivity contribution in [2.24, 2.45) is 7.05 Å². The fourth-order valence-corrected chi connectivity index (χ4v) is 3.20. The average Bonchev–Trinajstić information content (AvgIpc) is 3.27. The fourth-order valence-electron chi connectivity index (χ4n) is 3.20. The van der Waals surface area contributed by atoms with Crippen LogP contribution < -0.4 is 10.2 Å². The van der Waals surface area contributed by atoms with Crippen molar-refractivity contribution in [3.05, 3.63) is 47.8 Å². The van der Waals surface area contributed by atoms with Gasteiger partial charge in [-0.1, -0.05) is 28.9 Å². The molecule has 0 radical (unpaired) electrons. The Balaban J connectivity index is 1.61. The quantitative estimate of drug-likeness (QED) is 0.344. The smallest absolute Gasteiger partial charge is 0.267 e. The first-order valence-corrected chi connectivity index (χ1v) is 8.38. The molecule has 1 saturated heterocycles. The topological polar surface area (TPSA) is 87.2 Å². The number of likely N-dealkylation sites (tertiary alicyclic amines) is 1. The summed E-state index contributed by atoms with van der Waals surface area (Å²) in [5, 5.41) is 16.5. The summed E-state index contributed by atoms with van der Waals surface area (Å²) < 4.78 is 3.56. The molecule has 2 heterocycles. The van der Waals surface area contributed by atoms with E-state index in [-0.39, 0.29) is 0 Å². The van der Waals surface area contributed by atoms with Crippen LogP contribution in [0.1, 0.15) is 30.0 Å². The van der Waals surface area contributed by atoms with Crippen LogP contribution in [0.2, 0.25) is 0 Å². The molecule has 2 N–H and O–H groups in total. The Hall–Kier alpha value is -2.58. The minimum Gasteiger partial charge on any atom is -0.293 e. The van der Waals surface area contributed by atoms with Gasteiger partial charge in [0.05, 0.1) is 7.05 Å². The third kappa shape index (κ3) is 4.49. The molecule has 1 fully saturated rings. The molecular weight excluding hydrogens is 320 g/mol. The number of hydrogen-bond donors (Lipinski definition) is 2. The molecule has 1 unspecified atom stereocenters. The molecule has 1 aliphatic rings. The first-order valence-electron chi connectivity index (χ1n) is 8.38. The number of nitrogens with one attached hydrogen (secondary N) is 1. The second-order valence-electron chi connectivity index (χ2n) is 6.20. The molecule has 1 aromatic heterocycles. The molecule has 1 aliphatic heterocycles. The summed E-state index contributed by atoms with van der Waals surface area (Å²) >= 11 is 0. The van der Waals surface area contributed by atoms with Gasteiger partial charge in [-0.2, -0.15) is 0 Å². The van der Waals surface area contributed by atoms with Crippen molar-refractivity contribution in [3.63, 3.8) is 0 Å². The second kappa shape index (κ2) is 8.00. The number of benzene rings is 1. The lowest BCUT2D eigenvalue weighted by atomic mass is 10.0. The molecule has 8 heteroatoms. The van der Waals surface area contributed by atoms with Crippen LogP contribution in [0.15, 0.2) is 36.7 Å². The Labute approximate surface area is 146 Å². The van der Waals surface area contributed by atoms with Gasteiger partial charge in [0.25, 0.3) is 5.91 Å². The first kappa shape index (κ1) is 17.2. The molecule has 8 nitrogen and oxygen atoms in total. The number of tetrazole rings is 1. The predicted octanol–water partition coefficient (Wildman–Crippen LogP) is 0.458. The monoisotopic (exact) mass is 343 g/mol. The second-order valence-corrected chi connectivity index (χ2v) is 6.20. The molecule has 0 saturated carbocycles. The van der Waals surface area contributed by atoms with Crippen LogP contribution >= 0.6 is 0 Å². The lowest BCUT2D eigenvalue weighted by Gasteiger charge is -2.23. The van der Waals surface area contributed by atoms with Crippen molar-refractivity contribution in [1.82, 2.24) is 25.5 Å². The van der Waals surface area contributed by atoms with Gasteiger partial charge in [0.15, 0.2) is 5.21 Å². The van der Waals surface area contributed by atoms with Crippen molar-refractivity contribution in [2.45, 2.75) is 25.4 Å². The zero-order valence-corrected chi connectivity index (χ0v) is 14.2. The van der Waals surface area contributed by atoms with E-state index in [1.54, 1.807) is 16.2 Å². The molecule has 0 spiro atoms. The third-order valence-electron chi connectivity index (χ3n) is 4.43. The Morgan fingerprint density at radius 2 is 2.20 bits per heavy atom. The van der Waals surface area contributed by atoms with E-state index >= 15 is 0 Å². The fraction of sp³-hybridized carbons (Fsp3) is 0.412. The summed E-state index contributed by atoms with van der Waals surface area (Å²) in [6.45, 7) is 2.84. The first-order chi connectivity index (χ1) is 12.2. The Morgan fingerprint density at radius 1 is 1.40 bits per heavy atom.